The number of carbonyl (C=O) groups excluding carboxylic acids is 1. The zero-order chi connectivity index (χ0) is 15.8. The molecule has 8 heteroatoms. The van der Waals surface area contributed by atoms with E-state index in [0.29, 0.717) is 32.4 Å². The van der Waals surface area contributed by atoms with Gasteiger partial charge >= 0.3 is 5.97 Å². The normalized spacial score (nSPS) is 31.3. The molecule has 1 N–H and O–H groups in total. The number of carboxylic acids is 1. The van der Waals surface area contributed by atoms with E-state index in [2.05, 4.69) is 0 Å². The molecular weight excluding hydrogens is 296 g/mol. The molecule has 0 aliphatic carbocycles. The van der Waals surface area contributed by atoms with Crippen molar-refractivity contribution in [1.29, 1.82) is 0 Å². The third kappa shape index (κ3) is 3.37. The zero-order valence-electron chi connectivity index (χ0n) is 12.4. The van der Waals surface area contributed by atoms with Gasteiger partial charge in [0.1, 0.15) is 0 Å². The Balaban J connectivity index is 2.05. The van der Waals surface area contributed by atoms with Crippen molar-refractivity contribution in [2.45, 2.75) is 32.2 Å². The lowest BCUT2D eigenvalue weighted by Crippen LogP contribution is -2.48. The highest BCUT2D eigenvalue weighted by molar-refractivity contribution is 7.88. The van der Waals surface area contributed by atoms with Crippen LogP contribution >= 0.6 is 0 Å². The molecule has 0 bridgehead atoms. The van der Waals surface area contributed by atoms with E-state index in [4.69, 9.17) is 5.11 Å². The van der Waals surface area contributed by atoms with Crippen LogP contribution in [0.2, 0.25) is 0 Å². The van der Waals surface area contributed by atoms with Crippen molar-refractivity contribution in [2.75, 3.05) is 25.9 Å². The molecule has 7 nitrogen and oxygen atoms in total. The number of rotatable bonds is 3. The maximum atomic E-state index is 12.6. The van der Waals surface area contributed by atoms with Gasteiger partial charge < -0.3 is 10.0 Å². The lowest BCUT2D eigenvalue weighted by molar-refractivity contribution is -0.143. The zero-order valence-corrected chi connectivity index (χ0v) is 13.2. The highest BCUT2D eigenvalue weighted by Gasteiger charge is 2.41. The van der Waals surface area contributed by atoms with Crippen LogP contribution in [0.5, 0.6) is 0 Å². The summed E-state index contributed by atoms with van der Waals surface area (Å²) in [5, 5.41) is 9.12. The molecule has 0 aromatic carbocycles. The van der Waals surface area contributed by atoms with Crippen molar-refractivity contribution in [3.8, 4) is 0 Å². The fourth-order valence-electron chi connectivity index (χ4n) is 3.26. The number of hydrogen-bond acceptors (Lipinski definition) is 4. The molecule has 21 heavy (non-hydrogen) atoms. The second-order valence-electron chi connectivity index (χ2n) is 5.97. The average molecular weight is 318 g/mol. The fraction of sp³-hybridized carbons (Fsp3) is 0.846. The number of carbonyl (C=O) groups is 2. The predicted molar refractivity (Wildman–Crippen MR) is 76.1 cm³/mol. The van der Waals surface area contributed by atoms with Crippen LogP contribution < -0.4 is 0 Å². The van der Waals surface area contributed by atoms with Gasteiger partial charge in [-0.3, -0.25) is 9.59 Å². The van der Waals surface area contributed by atoms with Crippen molar-refractivity contribution in [3.63, 3.8) is 0 Å². The van der Waals surface area contributed by atoms with Crippen molar-refractivity contribution in [3.05, 3.63) is 0 Å². The predicted octanol–water partition coefficient (Wildman–Crippen LogP) is -0.0204. The Labute approximate surface area is 125 Å². The Bertz CT molecular complexity index is 533. The van der Waals surface area contributed by atoms with E-state index in [0.717, 1.165) is 6.26 Å². The van der Waals surface area contributed by atoms with E-state index in [1.807, 2.05) is 0 Å². The van der Waals surface area contributed by atoms with Crippen molar-refractivity contribution >= 4 is 21.9 Å². The Morgan fingerprint density at radius 1 is 1.19 bits per heavy atom. The van der Waals surface area contributed by atoms with E-state index in [1.54, 1.807) is 11.8 Å². The van der Waals surface area contributed by atoms with Gasteiger partial charge in [-0.25, -0.2) is 12.7 Å². The molecule has 2 aliphatic rings. The van der Waals surface area contributed by atoms with E-state index >= 15 is 0 Å². The number of aliphatic carboxylic acids is 1. The second kappa shape index (κ2) is 5.92. The first-order chi connectivity index (χ1) is 9.71. The number of likely N-dealkylation sites (tertiary alicyclic amines) is 1. The van der Waals surface area contributed by atoms with Crippen LogP contribution in [0.3, 0.4) is 0 Å². The van der Waals surface area contributed by atoms with Crippen molar-refractivity contribution < 1.29 is 23.1 Å². The monoisotopic (exact) mass is 318 g/mol. The summed E-state index contributed by atoms with van der Waals surface area (Å²) in [4.78, 5) is 25.3. The van der Waals surface area contributed by atoms with Gasteiger partial charge in [0.25, 0.3) is 0 Å². The summed E-state index contributed by atoms with van der Waals surface area (Å²) in [5.74, 6) is -1.87. The van der Waals surface area contributed by atoms with E-state index < -0.39 is 21.9 Å². The minimum absolute atomic E-state index is 0.111. The average Bonchev–Trinajstić information content (AvgIpc) is 2.79. The Morgan fingerprint density at radius 2 is 1.86 bits per heavy atom. The van der Waals surface area contributed by atoms with Crippen LogP contribution in [0.1, 0.15) is 26.2 Å². The molecule has 0 aromatic heterocycles. The van der Waals surface area contributed by atoms with E-state index in [1.165, 1.54) is 4.31 Å². The lowest BCUT2D eigenvalue weighted by Gasteiger charge is -2.34. The van der Waals surface area contributed by atoms with Gasteiger partial charge in [0.15, 0.2) is 0 Å². The van der Waals surface area contributed by atoms with Gasteiger partial charge in [0, 0.05) is 25.7 Å². The minimum atomic E-state index is -3.29. The molecule has 2 rings (SSSR count). The topological polar surface area (TPSA) is 95.0 Å². The van der Waals surface area contributed by atoms with Crippen LogP contribution in [0.25, 0.3) is 0 Å². The molecule has 0 aromatic rings. The lowest BCUT2D eigenvalue weighted by atomic mass is 9.97. The molecule has 1 amide bonds. The molecule has 0 spiro atoms. The van der Waals surface area contributed by atoms with Crippen LogP contribution in [0.4, 0.5) is 0 Å². The quantitative estimate of drug-likeness (QED) is 0.789. The first-order valence-corrected chi connectivity index (χ1v) is 9.05. The van der Waals surface area contributed by atoms with Crippen molar-refractivity contribution in [1.82, 2.24) is 9.21 Å². The summed E-state index contributed by atoms with van der Waals surface area (Å²) in [5.41, 5.74) is 0. The summed E-state index contributed by atoms with van der Waals surface area (Å²) in [6.07, 6.45) is 2.93. The Morgan fingerprint density at radius 3 is 2.38 bits per heavy atom. The molecule has 120 valence electrons. The largest absolute Gasteiger partial charge is 0.481 e. The minimum Gasteiger partial charge on any atom is -0.481 e. The number of hydrogen-bond donors (Lipinski definition) is 1. The molecule has 2 saturated heterocycles. The summed E-state index contributed by atoms with van der Waals surface area (Å²) in [6, 6.07) is -0.330. The smallest absolute Gasteiger partial charge is 0.308 e. The first-order valence-electron chi connectivity index (χ1n) is 7.20. The number of sulfonamides is 1. The standard InChI is InChI=1S/C13H22N2O5S/c1-9-11(13(17)18)5-7-15(9)12(16)10-4-3-6-14(8-10)21(2,19)20/h9-11H,3-8H2,1-2H3,(H,17,18). The van der Waals surface area contributed by atoms with Crippen LogP contribution in [0.15, 0.2) is 0 Å². The second-order valence-corrected chi connectivity index (χ2v) is 7.95. The van der Waals surface area contributed by atoms with Gasteiger partial charge in [-0.2, -0.15) is 0 Å². The molecular formula is C13H22N2O5S. The molecule has 3 unspecified atom stereocenters. The molecule has 2 heterocycles. The molecule has 0 radical (unpaired) electrons. The summed E-state index contributed by atoms with van der Waals surface area (Å²) < 4.78 is 24.6. The Hall–Kier alpha value is -1.15. The third-order valence-electron chi connectivity index (χ3n) is 4.56. The van der Waals surface area contributed by atoms with Gasteiger partial charge in [0.2, 0.25) is 15.9 Å². The van der Waals surface area contributed by atoms with E-state index in [9.17, 15) is 18.0 Å². The summed E-state index contributed by atoms with van der Waals surface area (Å²) >= 11 is 0. The number of carboxylic acid groups (broad SMARTS) is 1. The van der Waals surface area contributed by atoms with Gasteiger partial charge in [-0.05, 0) is 26.2 Å². The Kier molecular flexibility index (Phi) is 4.57. The summed E-state index contributed by atoms with van der Waals surface area (Å²) in [7, 11) is -3.29. The van der Waals surface area contributed by atoms with Crippen LogP contribution in [0, 0.1) is 11.8 Å². The number of nitrogens with zero attached hydrogens (tertiary/aromatic N) is 2. The van der Waals surface area contributed by atoms with Crippen molar-refractivity contribution in [2.24, 2.45) is 11.8 Å². The maximum absolute atomic E-state index is 12.6. The van der Waals surface area contributed by atoms with Gasteiger partial charge in [0.05, 0.1) is 18.1 Å². The third-order valence-corrected chi connectivity index (χ3v) is 5.83. The first kappa shape index (κ1) is 16.2. The molecule has 2 fully saturated rings. The number of amides is 1. The highest BCUT2D eigenvalue weighted by atomic mass is 32.2. The van der Waals surface area contributed by atoms with Crippen LogP contribution in [-0.2, 0) is 19.6 Å². The summed E-state index contributed by atoms with van der Waals surface area (Å²) in [6.45, 7) is 2.85. The number of piperidine rings is 1. The molecule has 3 atom stereocenters. The molecule has 2 aliphatic heterocycles. The maximum Gasteiger partial charge on any atom is 0.308 e. The van der Waals surface area contributed by atoms with Gasteiger partial charge in [-0.1, -0.05) is 0 Å². The SMILES string of the molecule is CC1C(C(=O)O)CCN1C(=O)C1CCCN(S(C)(=O)=O)C1. The highest BCUT2D eigenvalue weighted by Crippen LogP contribution is 2.28. The van der Waals surface area contributed by atoms with Gasteiger partial charge in [-0.15, -0.1) is 0 Å². The fourth-order valence-corrected chi connectivity index (χ4v) is 4.17. The van der Waals surface area contributed by atoms with E-state index in [-0.39, 0.29) is 24.4 Å². The molecule has 0 saturated carbocycles. The van der Waals surface area contributed by atoms with Crippen LogP contribution in [-0.4, -0.2) is 66.5 Å².